The van der Waals surface area contributed by atoms with Crippen LogP contribution in [0.1, 0.15) is 23.2 Å². The number of halogens is 1. The van der Waals surface area contributed by atoms with E-state index in [9.17, 15) is 4.79 Å². The van der Waals surface area contributed by atoms with Gasteiger partial charge in [-0.1, -0.05) is 11.6 Å². The smallest absolute Gasteiger partial charge is 0.251 e. The molecule has 3 aliphatic heterocycles. The summed E-state index contributed by atoms with van der Waals surface area (Å²) in [5, 5.41) is 3.88. The number of nitrogens with zero attached hydrogens (tertiary/aromatic N) is 1. The number of hydrogen-bond donors (Lipinski definition) is 1. The number of carbonyl (C=O) groups excluding carboxylic acids is 1. The van der Waals surface area contributed by atoms with E-state index >= 15 is 0 Å². The molecular weight excluding hydrogens is 336 g/mol. The summed E-state index contributed by atoms with van der Waals surface area (Å²) in [6.45, 7) is 3.33. The molecule has 0 aromatic heterocycles. The van der Waals surface area contributed by atoms with E-state index in [0.29, 0.717) is 28.0 Å². The van der Waals surface area contributed by atoms with Gasteiger partial charge < -0.3 is 15.0 Å². The molecule has 0 spiro atoms. The van der Waals surface area contributed by atoms with Crippen LogP contribution in [0.15, 0.2) is 48.5 Å². The number of amides is 1. The number of fused-ring (bicyclic) bond motifs is 3. The minimum Gasteiger partial charge on any atom is -0.457 e. The predicted molar refractivity (Wildman–Crippen MR) is 98.4 cm³/mol. The Morgan fingerprint density at radius 1 is 1.00 bits per heavy atom. The lowest BCUT2D eigenvalue weighted by Crippen LogP contribution is -2.57. The first-order chi connectivity index (χ1) is 12.2. The van der Waals surface area contributed by atoms with E-state index in [0.717, 1.165) is 6.54 Å². The second kappa shape index (κ2) is 7.06. The standard InChI is InChI=1S/C20H21ClN2O2/c21-16-3-7-18(8-4-16)25-17-5-1-15(2-6-17)20(24)22-19-13-23-11-9-14(19)10-12-23/h1-8,14,19H,9-13H2,(H,22,24)/t19-/m0/s1. The molecule has 0 radical (unpaired) electrons. The summed E-state index contributed by atoms with van der Waals surface area (Å²) in [4.78, 5) is 14.9. The van der Waals surface area contributed by atoms with Gasteiger partial charge in [0.2, 0.25) is 0 Å². The van der Waals surface area contributed by atoms with Gasteiger partial charge in [-0.15, -0.1) is 0 Å². The number of hydrogen-bond acceptors (Lipinski definition) is 3. The normalized spacial score (nSPS) is 24.8. The van der Waals surface area contributed by atoms with Crippen LogP contribution in [-0.4, -0.2) is 36.5 Å². The molecule has 0 aliphatic carbocycles. The van der Waals surface area contributed by atoms with Crippen molar-refractivity contribution in [3.63, 3.8) is 0 Å². The van der Waals surface area contributed by atoms with Crippen LogP contribution in [0.4, 0.5) is 0 Å². The number of carbonyl (C=O) groups is 1. The van der Waals surface area contributed by atoms with Crippen molar-refractivity contribution in [1.82, 2.24) is 10.2 Å². The Morgan fingerprint density at radius 2 is 1.60 bits per heavy atom. The molecule has 5 rings (SSSR count). The molecule has 0 saturated carbocycles. The Morgan fingerprint density at radius 3 is 2.16 bits per heavy atom. The minimum atomic E-state index is -0.00297. The van der Waals surface area contributed by atoms with Gasteiger partial charge in [-0.2, -0.15) is 0 Å². The average molecular weight is 357 g/mol. The molecule has 3 heterocycles. The van der Waals surface area contributed by atoms with Crippen LogP contribution in [0, 0.1) is 5.92 Å². The number of nitrogens with one attached hydrogen (secondary N) is 1. The van der Waals surface area contributed by atoms with Crippen molar-refractivity contribution in [2.45, 2.75) is 18.9 Å². The van der Waals surface area contributed by atoms with Crippen LogP contribution in [0.5, 0.6) is 11.5 Å². The molecule has 1 atom stereocenters. The first-order valence-electron chi connectivity index (χ1n) is 8.74. The number of piperidine rings is 3. The first kappa shape index (κ1) is 16.4. The van der Waals surface area contributed by atoms with Gasteiger partial charge in [0.1, 0.15) is 11.5 Å². The lowest BCUT2D eigenvalue weighted by atomic mass is 9.84. The molecule has 2 aromatic rings. The highest BCUT2D eigenvalue weighted by Gasteiger charge is 2.34. The van der Waals surface area contributed by atoms with E-state index in [4.69, 9.17) is 16.3 Å². The van der Waals surface area contributed by atoms with E-state index in [1.165, 1.54) is 25.9 Å². The number of ether oxygens (including phenoxy) is 1. The fraction of sp³-hybridized carbons (Fsp3) is 0.350. The third kappa shape index (κ3) is 3.80. The summed E-state index contributed by atoms with van der Waals surface area (Å²) < 4.78 is 5.76. The maximum absolute atomic E-state index is 12.5. The molecule has 1 N–H and O–H groups in total. The zero-order chi connectivity index (χ0) is 17.2. The maximum atomic E-state index is 12.5. The molecule has 3 saturated heterocycles. The van der Waals surface area contributed by atoms with E-state index in [1.54, 1.807) is 12.1 Å². The van der Waals surface area contributed by atoms with Crippen molar-refractivity contribution in [3.05, 3.63) is 59.1 Å². The highest BCUT2D eigenvalue weighted by atomic mass is 35.5. The lowest BCUT2D eigenvalue weighted by molar-refractivity contribution is 0.0620. The molecule has 0 unspecified atom stereocenters. The number of rotatable bonds is 4. The highest BCUT2D eigenvalue weighted by Crippen LogP contribution is 2.28. The van der Waals surface area contributed by atoms with Crippen LogP contribution >= 0.6 is 11.6 Å². The second-order valence-corrected chi connectivity index (χ2v) is 7.23. The Balaban J connectivity index is 1.38. The second-order valence-electron chi connectivity index (χ2n) is 6.80. The largest absolute Gasteiger partial charge is 0.457 e. The molecule has 3 fully saturated rings. The number of benzene rings is 2. The van der Waals surface area contributed by atoms with Gasteiger partial charge in [0.15, 0.2) is 0 Å². The SMILES string of the molecule is O=C(N[C@H]1CN2CCC1CC2)c1ccc(Oc2ccc(Cl)cc2)cc1. The van der Waals surface area contributed by atoms with E-state index < -0.39 is 0 Å². The van der Waals surface area contributed by atoms with Gasteiger partial charge in [-0.25, -0.2) is 0 Å². The van der Waals surface area contributed by atoms with Gasteiger partial charge in [-0.05, 0) is 80.4 Å². The Bertz CT molecular complexity index is 737. The molecular formula is C20H21ClN2O2. The summed E-state index contributed by atoms with van der Waals surface area (Å²) in [5.41, 5.74) is 0.667. The minimum absolute atomic E-state index is 0.00297. The van der Waals surface area contributed by atoms with Gasteiger partial charge in [-0.3, -0.25) is 4.79 Å². The quantitative estimate of drug-likeness (QED) is 0.901. The van der Waals surface area contributed by atoms with Gasteiger partial charge in [0.05, 0.1) is 0 Å². The van der Waals surface area contributed by atoms with Crippen molar-refractivity contribution >= 4 is 17.5 Å². The Kier molecular flexibility index (Phi) is 4.64. The first-order valence-corrected chi connectivity index (χ1v) is 9.12. The van der Waals surface area contributed by atoms with Gasteiger partial charge >= 0.3 is 0 Å². The third-order valence-corrected chi connectivity index (χ3v) is 5.39. The van der Waals surface area contributed by atoms with Gasteiger partial charge in [0, 0.05) is 23.2 Å². The van der Waals surface area contributed by atoms with Crippen LogP contribution < -0.4 is 10.1 Å². The summed E-state index contributed by atoms with van der Waals surface area (Å²) >= 11 is 5.87. The van der Waals surface area contributed by atoms with Crippen molar-refractivity contribution in [1.29, 1.82) is 0 Å². The van der Waals surface area contributed by atoms with Crippen molar-refractivity contribution in [3.8, 4) is 11.5 Å². The summed E-state index contributed by atoms with van der Waals surface area (Å²) in [6.07, 6.45) is 2.39. The predicted octanol–water partition coefficient (Wildman–Crippen LogP) is 3.96. The fourth-order valence-electron chi connectivity index (χ4n) is 3.69. The molecule has 2 bridgehead atoms. The Hall–Kier alpha value is -2.04. The van der Waals surface area contributed by atoms with E-state index in [2.05, 4.69) is 10.2 Å². The lowest BCUT2D eigenvalue weighted by Gasteiger charge is -2.44. The van der Waals surface area contributed by atoms with Crippen LogP contribution in [0.25, 0.3) is 0 Å². The molecule has 130 valence electrons. The topological polar surface area (TPSA) is 41.6 Å². The summed E-state index contributed by atoms with van der Waals surface area (Å²) in [5.74, 6) is 2.04. The average Bonchev–Trinajstić information content (AvgIpc) is 2.65. The molecule has 3 aliphatic rings. The van der Waals surface area contributed by atoms with Gasteiger partial charge in [0.25, 0.3) is 5.91 Å². The third-order valence-electron chi connectivity index (χ3n) is 5.14. The summed E-state index contributed by atoms with van der Waals surface area (Å²) in [7, 11) is 0. The van der Waals surface area contributed by atoms with Crippen molar-refractivity contribution < 1.29 is 9.53 Å². The highest BCUT2D eigenvalue weighted by molar-refractivity contribution is 6.30. The van der Waals surface area contributed by atoms with Crippen LogP contribution in [0.2, 0.25) is 5.02 Å². The van der Waals surface area contributed by atoms with Crippen molar-refractivity contribution in [2.75, 3.05) is 19.6 Å². The van der Waals surface area contributed by atoms with Crippen LogP contribution in [0.3, 0.4) is 0 Å². The fourth-order valence-corrected chi connectivity index (χ4v) is 3.82. The zero-order valence-corrected chi connectivity index (χ0v) is 14.7. The molecule has 25 heavy (non-hydrogen) atoms. The summed E-state index contributed by atoms with van der Waals surface area (Å²) in [6, 6.07) is 14.7. The molecule has 5 heteroatoms. The maximum Gasteiger partial charge on any atom is 0.251 e. The molecule has 2 aromatic carbocycles. The monoisotopic (exact) mass is 356 g/mol. The van der Waals surface area contributed by atoms with Crippen molar-refractivity contribution in [2.24, 2.45) is 5.92 Å². The van der Waals surface area contributed by atoms with Crippen LogP contribution in [-0.2, 0) is 0 Å². The zero-order valence-electron chi connectivity index (χ0n) is 14.0. The van der Waals surface area contributed by atoms with E-state index in [-0.39, 0.29) is 11.9 Å². The van der Waals surface area contributed by atoms with E-state index in [1.807, 2.05) is 36.4 Å². The Labute approximate surface area is 152 Å². The molecule has 4 nitrogen and oxygen atoms in total. The molecule has 1 amide bonds.